The first-order valence-electron chi connectivity index (χ1n) is 4.83. The molecule has 0 bridgehead atoms. The fourth-order valence-electron chi connectivity index (χ4n) is 1.26. The minimum absolute atomic E-state index is 0.553. The van der Waals surface area contributed by atoms with Crippen molar-refractivity contribution >= 4 is 16.7 Å². The third-order valence-electron chi connectivity index (χ3n) is 1.99. The van der Waals surface area contributed by atoms with E-state index in [1.54, 1.807) is 0 Å². The molecular formula is C9H17N3S. The summed E-state index contributed by atoms with van der Waals surface area (Å²) < 4.78 is 4.13. The number of nitrogens with one attached hydrogen (secondary N) is 1. The Balaban J connectivity index is 2.46. The van der Waals surface area contributed by atoms with E-state index < -0.39 is 0 Å². The van der Waals surface area contributed by atoms with E-state index in [1.807, 2.05) is 6.92 Å². The summed E-state index contributed by atoms with van der Waals surface area (Å²) >= 11 is 1.45. The van der Waals surface area contributed by atoms with Crippen LogP contribution in [0.5, 0.6) is 0 Å². The van der Waals surface area contributed by atoms with Gasteiger partial charge in [0, 0.05) is 17.6 Å². The monoisotopic (exact) mass is 199 g/mol. The Kier molecular flexibility index (Phi) is 4.15. The third kappa shape index (κ3) is 3.30. The smallest absolute Gasteiger partial charge is 0.202 e. The maximum atomic E-state index is 4.28. The van der Waals surface area contributed by atoms with Crippen molar-refractivity contribution in [3.05, 3.63) is 5.82 Å². The fraction of sp³-hybridized carbons (Fsp3) is 0.778. The first kappa shape index (κ1) is 10.4. The topological polar surface area (TPSA) is 37.8 Å². The minimum Gasteiger partial charge on any atom is -0.358 e. The summed E-state index contributed by atoms with van der Waals surface area (Å²) in [6.07, 6.45) is 3.56. The average Bonchev–Trinajstić information content (AvgIpc) is 2.50. The van der Waals surface area contributed by atoms with Gasteiger partial charge in [-0.25, -0.2) is 4.98 Å². The summed E-state index contributed by atoms with van der Waals surface area (Å²) in [5.74, 6) is 0.860. The van der Waals surface area contributed by atoms with E-state index in [2.05, 4.69) is 28.5 Å². The molecule has 0 radical (unpaired) electrons. The summed E-state index contributed by atoms with van der Waals surface area (Å²) in [6, 6.07) is 0.553. The predicted octanol–water partition coefficient (Wildman–Crippen LogP) is 2.84. The molecule has 0 spiro atoms. The van der Waals surface area contributed by atoms with Crippen LogP contribution in [0.25, 0.3) is 0 Å². The van der Waals surface area contributed by atoms with E-state index >= 15 is 0 Å². The molecule has 3 nitrogen and oxygen atoms in total. The zero-order valence-corrected chi connectivity index (χ0v) is 9.32. The summed E-state index contributed by atoms with van der Waals surface area (Å²) in [7, 11) is 0. The highest BCUT2D eigenvalue weighted by molar-refractivity contribution is 7.09. The van der Waals surface area contributed by atoms with Gasteiger partial charge >= 0.3 is 0 Å². The van der Waals surface area contributed by atoms with Gasteiger partial charge in [0.2, 0.25) is 5.13 Å². The number of hydrogen-bond acceptors (Lipinski definition) is 4. The van der Waals surface area contributed by atoms with Gasteiger partial charge in [-0.3, -0.25) is 0 Å². The molecule has 0 fully saturated rings. The van der Waals surface area contributed by atoms with Crippen LogP contribution in [0.15, 0.2) is 0 Å². The molecule has 0 aliphatic carbocycles. The molecule has 1 heterocycles. The van der Waals surface area contributed by atoms with Crippen LogP contribution >= 0.6 is 11.5 Å². The lowest BCUT2D eigenvalue weighted by Gasteiger charge is -2.14. The Bertz CT molecular complexity index is 247. The van der Waals surface area contributed by atoms with Gasteiger partial charge in [-0.15, -0.1) is 0 Å². The molecule has 0 saturated carbocycles. The molecule has 74 valence electrons. The van der Waals surface area contributed by atoms with Crippen LogP contribution < -0.4 is 5.32 Å². The van der Waals surface area contributed by atoms with Gasteiger partial charge in [0.15, 0.2) is 0 Å². The Morgan fingerprint density at radius 2 is 2.23 bits per heavy atom. The second-order valence-electron chi connectivity index (χ2n) is 3.18. The third-order valence-corrected chi connectivity index (χ3v) is 2.72. The van der Waals surface area contributed by atoms with Crippen LogP contribution in [0.4, 0.5) is 5.13 Å². The number of anilines is 1. The van der Waals surface area contributed by atoms with Crippen molar-refractivity contribution in [3.63, 3.8) is 0 Å². The van der Waals surface area contributed by atoms with E-state index in [9.17, 15) is 0 Å². The molecule has 1 aromatic heterocycles. The van der Waals surface area contributed by atoms with E-state index in [0.29, 0.717) is 6.04 Å². The van der Waals surface area contributed by atoms with Gasteiger partial charge in [-0.2, -0.15) is 4.37 Å². The molecule has 1 N–H and O–H groups in total. The van der Waals surface area contributed by atoms with Crippen LogP contribution in [0.2, 0.25) is 0 Å². The van der Waals surface area contributed by atoms with Crippen molar-refractivity contribution in [2.45, 2.75) is 46.1 Å². The van der Waals surface area contributed by atoms with Gasteiger partial charge in [0.1, 0.15) is 5.82 Å². The maximum absolute atomic E-state index is 4.28. The molecule has 0 amide bonds. The number of nitrogens with zero attached hydrogens (tertiary/aromatic N) is 2. The summed E-state index contributed by atoms with van der Waals surface area (Å²) in [5, 5.41) is 4.35. The zero-order chi connectivity index (χ0) is 9.68. The Labute approximate surface area is 83.8 Å². The molecule has 0 aromatic carbocycles. The van der Waals surface area contributed by atoms with E-state index in [4.69, 9.17) is 0 Å². The maximum Gasteiger partial charge on any atom is 0.202 e. The van der Waals surface area contributed by atoms with Crippen LogP contribution in [0.1, 0.15) is 38.9 Å². The molecule has 1 unspecified atom stereocenters. The number of aromatic nitrogens is 2. The summed E-state index contributed by atoms with van der Waals surface area (Å²) in [5.41, 5.74) is 0. The second-order valence-corrected chi connectivity index (χ2v) is 3.94. The van der Waals surface area contributed by atoms with Gasteiger partial charge in [-0.05, 0) is 19.8 Å². The Hall–Kier alpha value is -0.640. The van der Waals surface area contributed by atoms with E-state index in [0.717, 1.165) is 17.4 Å². The highest BCUT2D eigenvalue weighted by Gasteiger charge is 2.07. The number of rotatable bonds is 5. The Morgan fingerprint density at radius 1 is 1.46 bits per heavy atom. The van der Waals surface area contributed by atoms with Gasteiger partial charge in [0.25, 0.3) is 0 Å². The lowest BCUT2D eigenvalue weighted by Crippen LogP contribution is -2.17. The Morgan fingerprint density at radius 3 is 2.69 bits per heavy atom. The molecule has 4 heteroatoms. The molecule has 13 heavy (non-hydrogen) atoms. The molecule has 1 aromatic rings. The molecule has 0 aliphatic heterocycles. The van der Waals surface area contributed by atoms with Crippen molar-refractivity contribution in [3.8, 4) is 0 Å². The van der Waals surface area contributed by atoms with Gasteiger partial charge in [0.05, 0.1) is 0 Å². The average molecular weight is 199 g/mol. The summed E-state index contributed by atoms with van der Waals surface area (Å²) in [6.45, 7) is 6.32. The van der Waals surface area contributed by atoms with Crippen LogP contribution in [0.3, 0.4) is 0 Å². The fourth-order valence-corrected chi connectivity index (χ4v) is 1.91. The van der Waals surface area contributed by atoms with Crippen LogP contribution in [-0.4, -0.2) is 15.4 Å². The minimum atomic E-state index is 0.553. The van der Waals surface area contributed by atoms with Gasteiger partial charge < -0.3 is 5.32 Å². The normalized spacial score (nSPS) is 12.8. The highest BCUT2D eigenvalue weighted by Crippen LogP contribution is 2.14. The lowest BCUT2D eigenvalue weighted by molar-refractivity contribution is 0.622. The van der Waals surface area contributed by atoms with Crippen molar-refractivity contribution in [1.29, 1.82) is 0 Å². The lowest BCUT2D eigenvalue weighted by atomic mass is 10.1. The molecular weight excluding hydrogens is 182 g/mol. The quantitative estimate of drug-likeness (QED) is 0.792. The standard InChI is InChI=1S/C9H17N3S/c1-4-6-8(5-2)11-9-10-7(3)12-13-9/h8H,4-6H2,1-3H3,(H,10,11,12). The van der Waals surface area contributed by atoms with Crippen molar-refractivity contribution < 1.29 is 0 Å². The molecule has 0 aliphatic rings. The zero-order valence-electron chi connectivity index (χ0n) is 8.50. The first-order valence-corrected chi connectivity index (χ1v) is 5.60. The molecule has 0 saturated heterocycles. The van der Waals surface area contributed by atoms with Crippen LogP contribution in [-0.2, 0) is 0 Å². The predicted molar refractivity (Wildman–Crippen MR) is 57.3 cm³/mol. The molecule has 1 atom stereocenters. The summed E-state index contributed by atoms with van der Waals surface area (Å²) in [4.78, 5) is 4.28. The van der Waals surface area contributed by atoms with Crippen LogP contribution in [0, 0.1) is 6.92 Å². The van der Waals surface area contributed by atoms with Gasteiger partial charge in [-0.1, -0.05) is 20.3 Å². The molecule has 1 rings (SSSR count). The van der Waals surface area contributed by atoms with Crippen molar-refractivity contribution in [2.24, 2.45) is 0 Å². The van der Waals surface area contributed by atoms with Crippen molar-refractivity contribution in [2.75, 3.05) is 5.32 Å². The first-order chi connectivity index (χ1) is 6.26. The number of aryl methyl sites for hydroxylation is 1. The van der Waals surface area contributed by atoms with E-state index in [1.165, 1.54) is 24.4 Å². The second kappa shape index (κ2) is 5.17. The highest BCUT2D eigenvalue weighted by atomic mass is 32.1. The van der Waals surface area contributed by atoms with E-state index in [-0.39, 0.29) is 0 Å². The SMILES string of the molecule is CCCC(CC)Nc1nc(C)ns1. The van der Waals surface area contributed by atoms with Crippen molar-refractivity contribution in [1.82, 2.24) is 9.36 Å². The largest absolute Gasteiger partial charge is 0.358 e. The number of hydrogen-bond donors (Lipinski definition) is 1.